The summed E-state index contributed by atoms with van der Waals surface area (Å²) in [4.78, 5) is 11.4. The van der Waals surface area contributed by atoms with Gasteiger partial charge in [-0.3, -0.25) is 4.79 Å². The predicted octanol–water partition coefficient (Wildman–Crippen LogP) is 2.33. The molecule has 0 fully saturated rings. The fourth-order valence-corrected chi connectivity index (χ4v) is 2.27. The van der Waals surface area contributed by atoms with Crippen LogP contribution in [0.1, 0.15) is 31.7 Å². The van der Waals surface area contributed by atoms with E-state index in [1.807, 2.05) is 18.2 Å². The predicted molar refractivity (Wildman–Crippen MR) is 81.7 cm³/mol. The van der Waals surface area contributed by atoms with Gasteiger partial charge >= 0.3 is 5.97 Å². The summed E-state index contributed by atoms with van der Waals surface area (Å²) in [7, 11) is 4.60. The Morgan fingerprint density at radius 3 is 2.05 bits per heavy atom. The zero-order valence-corrected chi connectivity index (χ0v) is 13.4. The van der Waals surface area contributed by atoms with Gasteiger partial charge in [0.1, 0.15) is 17.5 Å². The van der Waals surface area contributed by atoms with Crippen molar-refractivity contribution in [2.75, 3.05) is 21.3 Å². The fraction of sp³-hybridized carbons (Fsp3) is 0.562. The lowest BCUT2D eigenvalue weighted by Gasteiger charge is -2.23. The van der Waals surface area contributed by atoms with Gasteiger partial charge in [-0.1, -0.05) is 13.8 Å². The average Bonchev–Trinajstić information content (AvgIpc) is 2.52. The molecular weight excluding hydrogens is 270 g/mol. The maximum Gasteiger partial charge on any atom is 0.322 e. The summed E-state index contributed by atoms with van der Waals surface area (Å²) in [6.07, 6.45) is 0.563. The van der Waals surface area contributed by atoms with E-state index in [2.05, 4.69) is 18.6 Å². The summed E-state index contributed by atoms with van der Waals surface area (Å²) in [5.74, 6) is 1.55. The second-order valence-electron chi connectivity index (χ2n) is 5.28. The second-order valence-corrected chi connectivity index (χ2v) is 5.28. The van der Waals surface area contributed by atoms with Crippen LogP contribution in [0.25, 0.3) is 0 Å². The monoisotopic (exact) mass is 295 g/mol. The van der Waals surface area contributed by atoms with Gasteiger partial charge in [0.2, 0.25) is 0 Å². The van der Waals surface area contributed by atoms with E-state index >= 15 is 0 Å². The molecule has 118 valence electrons. The lowest BCUT2D eigenvalue weighted by molar-refractivity contribution is -0.142. The standard InChI is InChI=1S/C16H25NO4/c1-10(6-15(17)16(18)21-5)11(2)12-7-13(19-3)9-14(8-12)20-4/h7-11,15H,6,17H2,1-5H3. The first-order valence-electron chi connectivity index (χ1n) is 6.99. The molecule has 0 saturated heterocycles. The van der Waals surface area contributed by atoms with Gasteiger partial charge in [0.05, 0.1) is 21.3 Å². The van der Waals surface area contributed by atoms with Crippen molar-refractivity contribution in [2.24, 2.45) is 11.7 Å². The number of carbonyl (C=O) groups is 1. The summed E-state index contributed by atoms with van der Waals surface area (Å²) < 4.78 is 15.2. The minimum absolute atomic E-state index is 0.213. The van der Waals surface area contributed by atoms with Gasteiger partial charge in [-0.25, -0.2) is 0 Å². The minimum atomic E-state index is -0.597. The molecule has 1 rings (SSSR count). The van der Waals surface area contributed by atoms with Gasteiger partial charge in [-0.2, -0.15) is 0 Å². The van der Waals surface area contributed by atoms with Gasteiger partial charge in [-0.05, 0) is 36.0 Å². The third kappa shape index (κ3) is 4.63. The number of hydrogen-bond acceptors (Lipinski definition) is 5. The van der Waals surface area contributed by atoms with Crippen LogP contribution in [-0.2, 0) is 9.53 Å². The van der Waals surface area contributed by atoms with Crippen molar-refractivity contribution < 1.29 is 19.0 Å². The lowest BCUT2D eigenvalue weighted by atomic mass is 9.84. The van der Waals surface area contributed by atoms with Crippen LogP contribution in [0.5, 0.6) is 11.5 Å². The molecule has 0 spiro atoms. The van der Waals surface area contributed by atoms with E-state index in [1.165, 1.54) is 7.11 Å². The van der Waals surface area contributed by atoms with Gasteiger partial charge in [-0.15, -0.1) is 0 Å². The van der Waals surface area contributed by atoms with Crippen molar-refractivity contribution in [3.8, 4) is 11.5 Å². The van der Waals surface area contributed by atoms with Crippen LogP contribution < -0.4 is 15.2 Å². The molecule has 21 heavy (non-hydrogen) atoms. The minimum Gasteiger partial charge on any atom is -0.497 e. The largest absolute Gasteiger partial charge is 0.497 e. The summed E-state index contributed by atoms with van der Waals surface area (Å²) in [6, 6.07) is 5.20. The number of nitrogens with two attached hydrogens (primary N) is 1. The highest BCUT2D eigenvalue weighted by atomic mass is 16.5. The number of carbonyl (C=O) groups excluding carboxylic acids is 1. The first-order valence-corrected chi connectivity index (χ1v) is 6.99. The molecule has 5 nitrogen and oxygen atoms in total. The van der Waals surface area contributed by atoms with Crippen LogP contribution >= 0.6 is 0 Å². The summed E-state index contributed by atoms with van der Waals surface area (Å²) in [6.45, 7) is 4.17. The lowest BCUT2D eigenvalue weighted by Crippen LogP contribution is -2.34. The zero-order valence-electron chi connectivity index (χ0n) is 13.4. The second kappa shape index (κ2) is 7.88. The maximum absolute atomic E-state index is 11.4. The van der Waals surface area contributed by atoms with E-state index in [0.29, 0.717) is 6.42 Å². The molecular formula is C16H25NO4. The van der Waals surface area contributed by atoms with Crippen LogP contribution in [-0.4, -0.2) is 33.3 Å². The molecule has 3 atom stereocenters. The van der Waals surface area contributed by atoms with Crippen LogP contribution in [0.4, 0.5) is 0 Å². The third-order valence-electron chi connectivity index (χ3n) is 3.88. The highest BCUT2D eigenvalue weighted by molar-refractivity contribution is 5.75. The molecule has 0 radical (unpaired) electrons. The molecule has 0 bridgehead atoms. The Bertz CT molecular complexity index is 453. The van der Waals surface area contributed by atoms with Crippen molar-refractivity contribution in [3.63, 3.8) is 0 Å². The van der Waals surface area contributed by atoms with Crippen LogP contribution in [0.2, 0.25) is 0 Å². The van der Waals surface area contributed by atoms with E-state index in [4.69, 9.17) is 15.2 Å². The Labute approximate surface area is 126 Å². The van der Waals surface area contributed by atoms with Crippen LogP contribution in [0.15, 0.2) is 18.2 Å². The Hall–Kier alpha value is -1.75. The molecule has 0 aliphatic carbocycles. The first kappa shape index (κ1) is 17.3. The van der Waals surface area contributed by atoms with Crippen molar-refractivity contribution in [2.45, 2.75) is 32.2 Å². The van der Waals surface area contributed by atoms with Crippen LogP contribution in [0.3, 0.4) is 0 Å². The van der Waals surface area contributed by atoms with E-state index in [0.717, 1.165) is 17.1 Å². The molecule has 0 saturated carbocycles. The van der Waals surface area contributed by atoms with Crippen molar-refractivity contribution in [1.82, 2.24) is 0 Å². The number of ether oxygens (including phenoxy) is 3. The fourth-order valence-electron chi connectivity index (χ4n) is 2.27. The molecule has 1 aromatic carbocycles. The molecule has 0 aliphatic rings. The Morgan fingerprint density at radius 2 is 1.62 bits per heavy atom. The molecule has 0 aromatic heterocycles. The number of benzene rings is 1. The van der Waals surface area contributed by atoms with E-state index in [9.17, 15) is 4.79 Å². The average molecular weight is 295 g/mol. The summed E-state index contributed by atoms with van der Waals surface area (Å²) in [5.41, 5.74) is 6.93. The third-order valence-corrected chi connectivity index (χ3v) is 3.88. The number of rotatable bonds is 7. The highest BCUT2D eigenvalue weighted by Gasteiger charge is 2.22. The Morgan fingerprint density at radius 1 is 1.10 bits per heavy atom. The molecule has 0 heterocycles. The SMILES string of the molecule is COC(=O)C(N)CC(C)C(C)c1cc(OC)cc(OC)c1. The smallest absolute Gasteiger partial charge is 0.322 e. The number of esters is 1. The first-order chi connectivity index (χ1) is 9.92. The van der Waals surface area contributed by atoms with Gasteiger partial charge in [0.25, 0.3) is 0 Å². The molecule has 0 aliphatic heterocycles. The topological polar surface area (TPSA) is 70.8 Å². The highest BCUT2D eigenvalue weighted by Crippen LogP contribution is 2.32. The van der Waals surface area contributed by atoms with Gasteiger partial charge in [0.15, 0.2) is 0 Å². The molecule has 1 aromatic rings. The van der Waals surface area contributed by atoms with Crippen molar-refractivity contribution in [1.29, 1.82) is 0 Å². The van der Waals surface area contributed by atoms with Gasteiger partial charge in [0, 0.05) is 6.07 Å². The molecule has 5 heteroatoms. The normalized spacial score (nSPS) is 15.0. The molecule has 0 amide bonds. The Kier molecular flexibility index (Phi) is 6.49. The summed E-state index contributed by atoms with van der Waals surface area (Å²) in [5, 5.41) is 0. The van der Waals surface area contributed by atoms with Crippen molar-refractivity contribution >= 4 is 5.97 Å². The molecule has 2 N–H and O–H groups in total. The quantitative estimate of drug-likeness (QED) is 0.782. The van der Waals surface area contributed by atoms with E-state index in [1.54, 1.807) is 14.2 Å². The van der Waals surface area contributed by atoms with Gasteiger partial charge < -0.3 is 19.9 Å². The number of methoxy groups -OCH3 is 3. The van der Waals surface area contributed by atoms with E-state index < -0.39 is 6.04 Å². The van der Waals surface area contributed by atoms with Crippen molar-refractivity contribution in [3.05, 3.63) is 23.8 Å². The maximum atomic E-state index is 11.4. The molecule has 3 unspecified atom stereocenters. The zero-order chi connectivity index (χ0) is 16.0. The summed E-state index contributed by atoms with van der Waals surface area (Å²) >= 11 is 0. The van der Waals surface area contributed by atoms with Crippen LogP contribution in [0, 0.1) is 5.92 Å². The van der Waals surface area contributed by atoms with E-state index in [-0.39, 0.29) is 17.8 Å². The Balaban J connectivity index is 2.86. The number of hydrogen-bond donors (Lipinski definition) is 1.